The van der Waals surface area contributed by atoms with Crippen LogP contribution in [-0.4, -0.2) is 62.0 Å². The Labute approximate surface area is 123 Å². The molecule has 1 fully saturated rings. The first-order valence-corrected chi connectivity index (χ1v) is 9.48. The second-order valence-electron chi connectivity index (χ2n) is 5.76. The molecule has 0 aromatic rings. The topological polar surface area (TPSA) is 40.6 Å². The van der Waals surface area contributed by atoms with Crippen molar-refractivity contribution in [1.82, 2.24) is 9.21 Å². The fourth-order valence-corrected chi connectivity index (χ4v) is 3.69. The molecule has 4 nitrogen and oxygen atoms in total. The van der Waals surface area contributed by atoms with Gasteiger partial charge in [-0.1, -0.05) is 0 Å². The molecule has 1 heterocycles. The summed E-state index contributed by atoms with van der Waals surface area (Å²) in [6.45, 7) is 7.69. The van der Waals surface area contributed by atoms with Gasteiger partial charge in [0.05, 0.1) is 6.26 Å². The summed E-state index contributed by atoms with van der Waals surface area (Å²) in [6, 6.07) is 0.483. The van der Waals surface area contributed by atoms with Crippen molar-refractivity contribution in [3.63, 3.8) is 0 Å². The zero-order valence-corrected chi connectivity index (χ0v) is 13.9. The minimum absolute atomic E-state index is 0.446. The molecule has 1 rings (SSSR count). The quantitative estimate of drug-likeness (QED) is 0.675. The van der Waals surface area contributed by atoms with E-state index in [9.17, 15) is 8.42 Å². The molecule has 0 N–H and O–H groups in total. The molecule has 1 aliphatic rings. The first-order chi connectivity index (χ1) is 8.84. The van der Waals surface area contributed by atoms with E-state index in [1.54, 1.807) is 4.31 Å². The highest BCUT2D eigenvalue weighted by atomic mass is 35.5. The number of piperidine rings is 1. The van der Waals surface area contributed by atoms with Gasteiger partial charge in [0.1, 0.15) is 0 Å². The fraction of sp³-hybridized carbons (Fsp3) is 1.00. The molecule has 19 heavy (non-hydrogen) atoms. The van der Waals surface area contributed by atoms with E-state index in [0.29, 0.717) is 30.9 Å². The number of hydrogen-bond donors (Lipinski definition) is 0. The Hall–Kier alpha value is 0.160. The van der Waals surface area contributed by atoms with Crippen molar-refractivity contribution in [2.45, 2.75) is 39.2 Å². The highest BCUT2D eigenvalue weighted by molar-refractivity contribution is 7.88. The van der Waals surface area contributed by atoms with Crippen molar-refractivity contribution in [3.8, 4) is 0 Å². The molecule has 6 heteroatoms. The SMILES string of the molecule is CC(C)N(CCCCl)CC1CCCN(S(C)(=O)=O)C1. The molecule has 0 spiro atoms. The van der Waals surface area contributed by atoms with Crippen LogP contribution in [0.25, 0.3) is 0 Å². The van der Waals surface area contributed by atoms with Gasteiger partial charge in [0.15, 0.2) is 0 Å². The van der Waals surface area contributed by atoms with Gasteiger partial charge in [0.25, 0.3) is 0 Å². The number of halogens is 1. The summed E-state index contributed by atoms with van der Waals surface area (Å²) in [5.41, 5.74) is 0. The standard InChI is InChI=1S/C13H27ClN2O2S/c1-12(2)15(8-5-7-14)10-13-6-4-9-16(11-13)19(3,17)18/h12-13H,4-11H2,1-3H3. The van der Waals surface area contributed by atoms with E-state index in [4.69, 9.17) is 11.6 Å². The summed E-state index contributed by atoms with van der Waals surface area (Å²) < 4.78 is 24.9. The van der Waals surface area contributed by atoms with E-state index in [1.807, 2.05) is 0 Å². The average molecular weight is 311 g/mol. The van der Waals surface area contributed by atoms with Gasteiger partial charge in [-0.2, -0.15) is 0 Å². The smallest absolute Gasteiger partial charge is 0.211 e. The Morgan fingerprint density at radius 1 is 1.42 bits per heavy atom. The number of hydrogen-bond acceptors (Lipinski definition) is 3. The maximum Gasteiger partial charge on any atom is 0.211 e. The minimum atomic E-state index is -3.04. The van der Waals surface area contributed by atoms with Crippen LogP contribution in [0.2, 0.25) is 0 Å². The summed E-state index contributed by atoms with van der Waals surface area (Å²) in [4.78, 5) is 2.42. The summed E-state index contributed by atoms with van der Waals surface area (Å²) in [6.07, 6.45) is 4.39. The molecule has 0 amide bonds. The Bertz CT molecular complexity index is 360. The Morgan fingerprint density at radius 2 is 2.11 bits per heavy atom. The third-order valence-corrected chi connectivity index (χ3v) is 5.29. The Morgan fingerprint density at radius 3 is 2.63 bits per heavy atom. The third-order valence-electron chi connectivity index (χ3n) is 3.75. The molecular formula is C13H27ClN2O2S. The van der Waals surface area contributed by atoms with Gasteiger partial charge < -0.3 is 4.90 Å². The molecule has 0 bridgehead atoms. The van der Waals surface area contributed by atoms with E-state index >= 15 is 0 Å². The van der Waals surface area contributed by atoms with Crippen molar-refractivity contribution in [2.24, 2.45) is 5.92 Å². The molecule has 1 aliphatic heterocycles. The third kappa shape index (κ3) is 5.98. The maximum atomic E-state index is 11.6. The van der Waals surface area contributed by atoms with E-state index in [0.717, 1.165) is 32.4 Å². The summed E-state index contributed by atoms with van der Waals surface area (Å²) >= 11 is 5.76. The molecule has 0 saturated carbocycles. The molecule has 1 unspecified atom stereocenters. The second-order valence-corrected chi connectivity index (χ2v) is 8.12. The summed E-state index contributed by atoms with van der Waals surface area (Å²) in [7, 11) is -3.04. The average Bonchev–Trinajstić information content (AvgIpc) is 2.33. The lowest BCUT2D eigenvalue weighted by molar-refractivity contribution is 0.151. The van der Waals surface area contributed by atoms with Crippen LogP contribution in [0.3, 0.4) is 0 Å². The number of alkyl halides is 1. The van der Waals surface area contributed by atoms with Crippen LogP contribution in [0, 0.1) is 5.92 Å². The minimum Gasteiger partial charge on any atom is -0.301 e. The largest absolute Gasteiger partial charge is 0.301 e. The lowest BCUT2D eigenvalue weighted by Gasteiger charge is -2.36. The number of rotatable bonds is 7. The van der Waals surface area contributed by atoms with E-state index < -0.39 is 10.0 Å². The summed E-state index contributed by atoms with van der Waals surface area (Å²) in [5, 5.41) is 0. The van der Waals surface area contributed by atoms with Gasteiger partial charge in [-0.25, -0.2) is 12.7 Å². The molecular weight excluding hydrogens is 284 g/mol. The predicted molar refractivity (Wildman–Crippen MR) is 81.2 cm³/mol. The zero-order chi connectivity index (χ0) is 14.5. The zero-order valence-electron chi connectivity index (χ0n) is 12.3. The first kappa shape index (κ1) is 17.2. The molecule has 0 radical (unpaired) electrons. The van der Waals surface area contributed by atoms with Crippen LogP contribution >= 0.6 is 11.6 Å². The van der Waals surface area contributed by atoms with Gasteiger partial charge in [0, 0.05) is 31.6 Å². The van der Waals surface area contributed by atoms with Crippen LogP contribution in [-0.2, 0) is 10.0 Å². The molecule has 0 aromatic carbocycles. The van der Waals surface area contributed by atoms with Gasteiger partial charge in [0.2, 0.25) is 10.0 Å². The van der Waals surface area contributed by atoms with Gasteiger partial charge in [-0.15, -0.1) is 11.6 Å². The lowest BCUT2D eigenvalue weighted by atomic mass is 9.98. The predicted octanol–water partition coefficient (Wildman–Crippen LogP) is 2.00. The van der Waals surface area contributed by atoms with E-state index in [1.165, 1.54) is 6.26 Å². The van der Waals surface area contributed by atoms with Crippen molar-refractivity contribution in [3.05, 3.63) is 0 Å². The van der Waals surface area contributed by atoms with Crippen molar-refractivity contribution in [2.75, 3.05) is 38.3 Å². The van der Waals surface area contributed by atoms with Crippen LogP contribution < -0.4 is 0 Å². The Kier molecular flexibility index (Phi) is 7.08. The van der Waals surface area contributed by atoms with Crippen LogP contribution in [0.15, 0.2) is 0 Å². The fourth-order valence-electron chi connectivity index (χ4n) is 2.63. The number of nitrogens with zero attached hydrogens (tertiary/aromatic N) is 2. The molecule has 0 aromatic heterocycles. The van der Waals surface area contributed by atoms with Crippen LogP contribution in [0.1, 0.15) is 33.1 Å². The second kappa shape index (κ2) is 7.81. The maximum absolute atomic E-state index is 11.6. The van der Waals surface area contributed by atoms with Gasteiger partial charge in [-0.3, -0.25) is 0 Å². The highest BCUT2D eigenvalue weighted by Crippen LogP contribution is 2.20. The molecule has 0 aliphatic carbocycles. The van der Waals surface area contributed by atoms with E-state index in [-0.39, 0.29) is 0 Å². The van der Waals surface area contributed by atoms with Crippen molar-refractivity contribution < 1.29 is 8.42 Å². The normalized spacial score (nSPS) is 22.3. The number of sulfonamides is 1. The van der Waals surface area contributed by atoms with Gasteiger partial charge in [-0.05, 0) is 45.6 Å². The van der Waals surface area contributed by atoms with Crippen LogP contribution in [0.5, 0.6) is 0 Å². The summed E-state index contributed by atoms with van der Waals surface area (Å²) in [5.74, 6) is 1.13. The first-order valence-electron chi connectivity index (χ1n) is 7.09. The van der Waals surface area contributed by atoms with Crippen LogP contribution in [0.4, 0.5) is 0 Å². The highest BCUT2D eigenvalue weighted by Gasteiger charge is 2.27. The van der Waals surface area contributed by atoms with Crippen molar-refractivity contribution in [1.29, 1.82) is 0 Å². The Balaban J connectivity index is 2.54. The molecule has 1 saturated heterocycles. The van der Waals surface area contributed by atoms with E-state index in [2.05, 4.69) is 18.7 Å². The van der Waals surface area contributed by atoms with Crippen molar-refractivity contribution >= 4 is 21.6 Å². The lowest BCUT2D eigenvalue weighted by Crippen LogP contribution is -2.45. The van der Waals surface area contributed by atoms with Gasteiger partial charge >= 0.3 is 0 Å². The molecule has 1 atom stereocenters. The monoisotopic (exact) mass is 310 g/mol. The molecule has 114 valence electrons.